The summed E-state index contributed by atoms with van der Waals surface area (Å²) in [6.07, 6.45) is 0.917. The molecule has 18 heavy (non-hydrogen) atoms. The second-order valence-electron chi connectivity index (χ2n) is 5.64. The van der Waals surface area contributed by atoms with Crippen LogP contribution in [-0.4, -0.2) is 20.8 Å². The van der Waals surface area contributed by atoms with Crippen molar-refractivity contribution in [3.05, 3.63) is 29.8 Å². The number of hydrogen-bond donors (Lipinski definition) is 1. The van der Waals surface area contributed by atoms with Gasteiger partial charge in [-0.25, -0.2) is 8.42 Å². The predicted molar refractivity (Wildman–Crippen MR) is 72.2 cm³/mol. The fraction of sp³-hybridized carbons (Fsp3) is 0.462. The summed E-state index contributed by atoms with van der Waals surface area (Å²) in [5, 5.41) is 0. The van der Waals surface area contributed by atoms with Crippen LogP contribution >= 0.6 is 0 Å². The van der Waals surface area contributed by atoms with Gasteiger partial charge in [-0.05, 0) is 24.0 Å². The van der Waals surface area contributed by atoms with E-state index in [4.69, 9.17) is 0 Å². The molecule has 0 bridgehead atoms. The molecule has 0 unspecified atom stereocenters. The third-order valence-electron chi connectivity index (χ3n) is 2.79. The Hall–Kier alpha value is -1.36. The van der Waals surface area contributed by atoms with Crippen molar-refractivity contribution in [3.8, 4) is 0 Å². The Labute approximate surface area is 108 Å². The van der Waals surface area contributed by atoms with Gasteiger partial charge in [-0.1, -0.05) is 32.9 Å². The molecule has 1 N–H and O–H groups in total. The molecule has 1 aliphatic heterocycles. The molecule has 0 spiro atoms. The van der Waals surface area contributed by atoms with Crippen LogP contribution in [0.3, 0.4) is 0 Å². The van der Waals surface area contributed by atoms with Gasteiger partial charge in [0.1, 0.15) is 5.84 Å². The molecule has 98 valence electrons. The van der Waals surface area contributed by atoms with E-state index in [0.29, 0.717) is 22.8 Å². The Balaban J connectivity index is 2.26. The van der Waals surface area contributed by atoms with Crippen LogP contribution in [0, 0.1) is 5.41 Å². The summed E-state index contributed by atoms with van der Waals surface area (Å²) in [6.45, 7) is 7.04. The zero-order valence-electron chi connectivity index (χ0n) is 10.9. The first-order chi connectivity index (χ1) is 8.30. The second kappa shape index (κ2) is 4.39. The molecular weight excluding hydrogens is 248 g/mol. The number of nitrogens with one attached hydrogen (secondary N) is 1. The van der Waals surface area contributed by atoms with Crippen LogP contribution in [0.25, 0.3) is 0 Å². The molecule has 0 radical (unpaired) electrons. The van der Waals surface area contributed by atoms with Crippen molar-refractivity contribution in [1.82, 2.24) is 4.72 Å². The fourth-order valence-corrected chi connectivity index (χ4v) is 3.01. The molecule has 1 aliphatic rings. The molecule has 0 aromatic heterocycles. The van der Waals surface area contributed by atoms with Crippen molar-refractivity contribution in [1.29, 1.82) is 0 Å². The number of nitrogens with zero attached hydrogens (tertiary/aromatic N) is 1. The van der Waals surface area contributed by atoms with Gasteiger partial charge in [0.2, 0.25) is 0 Å². The molecule has 1 aromatic rings. The van der Waals surface area contributed by atoms with E-state index in [9.17, 15) is 8.42 Å². The zero-order valence-corrected chi connectivity index (χ0v) is 11.7. The summed E-state index contributed by atoms with van der Waals surface area (Å²) in [6, 6.07) is 6.92. The summed E-state index contributed by atoms with van der Waals surface area (Å²) < 4.78 is 26.2. The van der Waals surface area contributed by atoms with E-state index in [1.807, 2.05) is 6.07 Å². The third-order valence-corrected chi connectivity index (χ3v) is 4.19. The highest BCUT2D eigenvalue weighted by Gasteiger charge is 2.29. The number of hydrogen-bond acceptors (Lipinski definition) is 3. The monoisotopic (exact) mass is 266 g/mol. The predicted octanol–water partition coefficient (Wildman–Crippen LogP) is 2.16. The maximum absolute atomic E-state index is 11.8. The highest BCUT2D eigenvalue weighted by Crippen LogP contribution is 2.23. The van der Waals surface area contributed by atoms with E-state index in [-0.39, 0.29) is 5.41 Å². The van der Waals surface area contributed by atoms with Crippen LogP contribution < -0.4 is 4.72 Å². The van der Waals surface area contributed by atoms with Gasteiger partial charge in [-0.15, -0.1) is 0 Å². The lowest BCUT2D eigenvalue weighted by Crippen LogP contribution is -2.22. The molecule has 0 aliphatic carbocycles. The average Bonchev–Trinajstić information content (AvgIpc) is 2.50. The summed E-state index contributed by atoms with van der Waals surface area (Å²) in [7, 11) is -3.40. The average molecular weight is 266 g/mol. The molecule has 5 heteroatoms. The van der Waals surface area contributed by atoms with Gasteiger partial charge in [0, 0.05) is 12.1 Å². The van der Waals surface area contributed by atoms with Crippen molar-refractivity contribution in [2.75, 3.05) is 6.54 Å². The van der Waals surface area contributed by atoms with Gasteiger partial charge in [0.15, 0.2) is 0 Å². The quantitative estimate of drug-likeness (QED) is 0.891. The van der Waals surface area contributed by atoms with E-state index in [2.05, 4.69) is 30.5 Å². The van der Waals surface area contributed by atoms with E-state index in [1.165, 1.54) is 0 Å². The zero-order chi connectivity index (χ0) is 13.4. The summed E-state index contributed by atoms with van der Waals surface area (Å²) >= 11 is 0. The summed E-state index contributed by atoms with van der Waals surface area (Å²) in [4.78, 5) is 4.69. The number of fused-ring (bicyclic) bond motifs is 1. The highest BCUT2D eigenvalue weighted by molar-refractivity contribution is 7.90. The number of rotatable bonds is 2. The maximum Gasteiger partial charge on any atom is 0.263 e. The molecule has 0 amide bonds. The first-order valence-electron chi connectivity index (χ1n) is 5.96. The standard InChI is InChI=1S/C13H18N2O2S/c1-13(2,3)8-9-14-12-10-6-4-5-7-11(10)18(16,17)15-12/h4-7H,8-9H2,1-3H3,(H,14,15). The van der Waals surface area contributed by atoms with Gasteiger partial charge < -0.3 is 0 Å². The first kappa shape index (κ1) is 13.1. The van der Waals surface area contributed by atoms with E-state index < -0.39 is 10.0 Å². The van der Waals surface area contributed by atoms with Crippen molar-refractivity contribution in [2.24, 2.45) is 10.4 Å². The van der Waals surface area contributed by atoms with Gasteiger partial charge in [-0.2, -0.15) is 0 Å². The molecule has 1 aromatic carbocycles. The minimum Gasteiger partial charge on any atom is -0.267 e. The minimum absolute atomic E-state index is 0.195. The smallest absolute Gasteiger partial charge is 0.263 e. The van der Waals surface area contributed by atoms with E-state index >= 15 is 0 Å². The van der Waals surface area contributed by atoms with E-state index in [0.717, 1.165) is 6.42 Å². The SMILES string of the molecule is CC(C)(C)CCN=C1NS(=O)(=O)c2ccccc21. The Morgan fingerprint density at radius 2 is 1.89 bits per heavy atom. The lowest BCUT2D eigenvalue weighted by molar-refractivity contribution is 0.385. The Morgan fingerprint density at radius 3 is 2.56 bits per heavy atom. The van der Waals surface area contributed by atoms with Crippen LogP contribution in [0.5, 0.6) is 0 Å². The number of benzene rings is 1. The molecule has 2 rings (SSSR count). The molecular formula is C13H18N2O2S. The van der Waals surface area contributed by atoms with Crippen molar-refractivity contribution in [3.63, 3.8) is 0 Å². The largest absolute Gasteiger partial charge is 0.267 e. The Morgan fingerprint density at radius 1 is 1.22 bits per heavy atom. The second-order valence-corrected chi connectivity index (χ2v) is 7.29. The van der Waals surface area contributed by atoms with Gasteiger partial charge in [0.25, 0.3) is 10.0 Å². The van der Waals surface area contributed by atoms with Crippen LogP contribution in [0.1, 0.15) is 32.8 Å². The van der Waals surface area contributed by atoms with Gasteiger partial charge in [0.05, 0.1) is 4.90 Å². The lowest BCUT2D eigenvalue weighted by Gasteiger charge is -2.15. The lowest BCUT2D eigenvalue weighted by atomic mass is 9.92. The van der Waals surface area contributed by atoms with Gasteiger partial charge >= 0.3 is 0 Å². The number of amidine groups is 1. The van der Waals surface area contributed by atoms with Crippen molar-refractivity contribution in [2.45, 2.75) is 32.1 Å². The number of sulfonamides is 1. The molecule has 0 saturated carbocycles. The minimum atomic E-state index is -3.40. The Bertz CT molecular complexity index is 583. The van der Waals surface area contributed by atoms with Crippen molar-refractivity contribution < 1.29 is 8.42 Å². The molecule has 1 heterocycles. The van der Waals surface area contributed by atoms with Crippen LogP contribution in [-0.2, 0) is 10.0 Å². The summed E-state index contributed by atoms with van der Waals surface area (Å²) in [5.74, 6) is 0.467. The van der Waals surface area contributed by atoms with Gasteiger partial charge in [-0.3, -0.25) is 9.71 Å². The van der Waals surface area contributed by atoms with Crippen LogP contribution in [0.4, 0.5) is 0 Å². The van der Waals surface area contributed by atoms with E-state index in [1.54, 1.807) is 18.2 Å². The number of aliphatic imine (C=N–C) groups is 1. The van der Waals surface area contributed by atoms with Crippen LogP contribution in [0.2, 0.25) is 0 Å². The molecule has 0 saturated heterocycles. The topological polar surface area (TPSA) is 58.5 Å². The first-order valence-corrected chi connectivity index (χ1v) is 7.45. The Kier molecular flexibility index (Phi) is 3.19. The van der Waals surface area contributed by atoms with Crippen molar-refractivity contribution >= 4 is 15.9 Å². The molecule has 0 fully saturated rings. The maximum atomic E-state index is 11.8. The highest BCUT2D eigenvalue weighted by atomic mass is 32.2. The fourth-order valence-electron chi connectivity index (χ4n) is 1.75. The third kappa shape index (κ3) is 2.72. The van der Waals surface area contributed by atoms with Crippen LogP contribution in [0.15, 0.2) is 34.2 Å². The molecule has 4 nitrogen and oxygen atoms in total. The normalized spacial score (nSPS) is 19.6. The molecule has 0 atom stereocenters. The summed E-state index contributed by atoms with van der Waals surface area (Å²) in [5.41, 5.74) is 0.868.